The van der Waals surface area contributed by atoms with Crippen LogP contribution in [0.5, 0.6) is 0 Å². The third kappa shape index (κ3) is 12.9. The Labute approximate surface area is 142 Å². The van der Waals surface area contributed by atoms with E-state index in [4.69, 9.17) is 22.4 Å². The molecular formula is C15H27NO4S2. The maximum Gasteiger partial charge on any atom is 0.305 e. The molecule has 0 heterocycles. The second kappa shape index (κ2) is 13.8. The van der Waals surface area contributed by atoms with E-state index in [1.54, 1.807) is 4.90 Å². The summed E-state index contributed by atoms with van der Waals surface area (Å²) in [7, 11) is 0. The first-order valence-corrected chi connectivity index (χ1v) is 9.22. The number of carbonyl (C=O) groups is 2. The number of carboxylic acids is 2. The van der Waals surface area contributed by atoms with Gasteiger partial charge in [0.2, 0.25) is 0 Å². The maximum absolute atomic E-state index is 10.7. The molecule has 0 bridgehead atoms. The summed E-state index contributed by atoms with van der Waals surface area (Å²) in [6.07, 6.45) is 7.23. The molecule has 0 aromatic rings. The second-order valence-electron chi connectivity index (χ2n) is 5.16. The monoisotopic (exact) mass is 349 g/mol. The summed E-state index contributed by atoms with van der Waals surface area (Å²) in [6, 6.07) is 0. The fourth-order valence-electron chi connectivity index (χ4n) is 1.89. The Bertz CT molecular complexity index is 332. The van der Waals surface area contributed by atoms with E-state index in [1.165, 1.54) is 43.9 Å². The molecule has 0 radical (unpaired) electrons. The SMILES string of the molecule is CCCCCCCCSC(=S)N(CCC(=O)O)CCC(=O)O. The molecule has 0 aromatic carbocycles. The van der Waals surface area contributed by atoms with Crippen molar-refractivity contribution >= 4 is 40.2 Å². The average Bonchev–Trinajstić information content (AvgIpc) is 2.45. The van der Waals surface area contributed by atoms with Gasteiger partial charge in [-0.3, -0.25) is 9.59 Å². The minimum atomic E-state index is -0.899. The van der Waals surface area contributed by atoms with Gasteiger partial charge in [0.05, 0.1) is 12.8 Å². The van der Waals surface area contributed by atoms with Gasteiger partial charge in [-0.2, -0.15) is 0 Å². The molecule has 0 spiro atoms. The number of nitrogens with zero attached hydrogens (tertiary/aromatic N) is 1. The lowest BCUT2D eigenvalue weighted by Crippen LogP contribution is -2.32. The molecule has 0 saturated heterocycles. The van der Waals surface area contributed by atoms with E-state index < -0.39 is 11.9 Å². The molecule has 7 heteroatoms. The molecule has 2 N–H and O–H groups in total. The molecule has 0 aromatic heterocycles. The zero-order valence-corrected chi connectivity index (χ0v) is 14.9. The third-order valence-electron chi connectivity index (χ3n) is 3.17. The number of unbranched alkanes of at least 4 members (excludes halogenated alkanes) is 5. The molecule has 0 saturated carbocycles. The van der Waals surface area contributed by atoms with Gasteiger partial charge >= 0.3 is 11.9 Å². The van der Waals surface area contributed by atoms with Gasteiger partial charge in [-0.15, -0.1) is 0 Å². The van der Waals surface area contributed by atoms with Gasteiger partial charge in [-0.1, -0.05) is 63.0 Å². The molecule has 22 heavy (non-hydrogen) atoms. The van der Waals surface area contributed by atoms with E-state index in [-0.39, 0.29) is 25.9 Å². The summed E-state index contributed by atoms with van der Waals surface area (Å²) < 4.78 is 0.607. The Morgan fingerprint density at radius 2 is 1.45 bits per heavy atom. The molecule has 0 aliphatic carbocycles. The molecule has 0 amide bonds. The average molecular weight is 350 g/mol. The summed E-state index contributed by atoms with van der Waals surface area (Å²) in [5, 5.41) is 17.5. The molecule has 0 rings (SSSR count). The molecule has 0 aliphatic rings. The highest BCUT2D eigenvalue weighted by atomic mass is 32.2. The van der Waals surface area contributed by atoms with E-state index in [0.717, 1.165) is 12.2 Å². The molecule has 0 unspecified atom stereocenters. The van der Waals surface area contributed by atoms with Crippen molar-refractivity contribution in [1.29, 1.82) is 0 Å². The topological polar surface area (TPSA) is 77.8 Å². The van der Waals surface area contributed by atoms with Crippen LogP contribution in [-0.2, 0) is 9.59 Å². The summed E-state index contributed by atoms with van der Waals surface area (Å²) in [6.45, 7) is 2.73. The van der Waals surface area contributed by atoms with Gasteiger partial charge in [-0.05, 0) is 6.42 Å². The Kier molecular flexibility index (Phi) is 13.3. The lowest BCUT2D eigenvalue weighted by molar-refractivity contribution is -0.137. The van der Waals surface area contributed by atoms with Gasteiger partial charge in [0.25, 0.3) is 0 Å². The van der Waals surface area contributed by atoms with Gasteiger partial charge in [0.1, 0.15) is 4.32 Å². The highest BCUT2D eigenvalue weighted by Crippen LogP contribution is 2.15. The normalized spacial score (nSPS) is 10.4. The number of rotatable bonds is 13. The molecule has 5 nitrogen and oxygen atoms in total. The largest absolute Gasteiger partial charge is 0.481 e. The first-order chi connectivity index (χ1) is 10.5. The minimum Gasteiger partial charge on any atom is -0.481 e. The second-order valence-corrected chi connectivity index (χ2v) is 6.89. The van der Waals surface area contributed by atoms with E-state index in [9.17, 15) is 9.59 Å². The molecule has 128 valence electrons. The van der Waals surface area contributed by atoms with Crippen LogP contribution >= 0.6 is 24.0 Å². The predicted molar refractivity (Wildman–Crippen MR) is 94.5 cm³/mol. The van der Waals surface area contributed by atoms with Crippen molar-refractivity contribution in [2.75, 3.05) is 18.8 Å². The van der Waals surface area contributed by atoms with Gasteiger partial charge in [-0.25, -0.2) is 0 Å². The first kappa shape index (κ1) is 21.2. The molecule has 0 aliphatic heterocycles. The van der Waals surface area contributed by atoms with Crippen molar-refractivity contribution in [3.8, 4) is 0 Å². The van der Waals surface area contributed by atoms with Crippen LogP contribution < -0.4 is 0 Å². The molecule has 0 atom stereocenters. The highest BCUT2D eigenvalue weighted by molar-refractivity contribution is 8.22. The predicted octanol–water partition coefficient (Wildman–Crippen LogP) is 3.62. The Balaban J connectivity index is 3.98. The number of aliphatic carboxylic acids is 2. The first-order valence-electron chi connectivity index (χ1n) is 7.82. The number of thioether (sulfide) groups is 1. The van der Waals surface area contributed by atoms with Crippen molar-refractivity contribution in [2.45, 2.75) is 58.3 Å². The summed E-state index contributed by atoms with van der Waals surface area (Å²) >= 11 is 6.83. The highest BCUT2D eigenvalue weighted by Gasteiger charge is 2.13. The summed E-state index contributed by atoms with van der Waals surface area (Å²) in [5.74, 6) is -0.894. The lowest BCUT2D eigenvalue weighted by atomic mass is 10.1. The maximum atomic E-state index is 10.7. The number of hydrogen-bond acceptors (Lipinski definition) is 4. The van der Waals surface area contributed by atoms with Crippen LogP contribution in [0.25, 0.3) is 0 Å². The molecule has 0 fully saturated rings. The van der Waals surface area contributed by atoms with Crippen LogP contribution in [0.2, 0.25) is 0 Å². The van der Waals surface area contributed by atoms with E-state index in [0.29, 0.717) is 4.32 Å². The number of carboxylic acid groups (broad SMARTS) is 2. The van der Waals surface area contributed by atoms with Crippen LogP contribution in [0.1, 0.15) is 58.3 Å². The molecular weight excluding hydrogens is 322 g/mol. The number of hydrogen-bond donors (Lipinski definition) is 2. The third-order valence-corrected chi connectivity index (χ3v) is 4.78. The quantitative estimate of drug-likeness (QED) is 0.388. The Morgan fingerprint density at radius 3 is 1.95 bits per heavy atom. The summed E-state index contributed by atoms with van der Waals surface area (Å²) in [4.78, 5) is 23.0. The van der Waals surface area contributed by atoms with E-state index in [2.05, 4.69) is 6.92 Å². The van der Waals surface area contributed by atoms with E-state index >= 15 is 0 Å². The van der Waals surface area contributed by atoms with Crippen LogP contribution in [0.15, 0.2) is 0 Å². The van der Waals surface area contributed by atoms with Gasteiger partial charge in [0.15, 0.2) is 0 Å². The Morgan fingerprint density at radius 1 is 0.955 bits per heavy atom. The van der Waals surface area contributed by atoms with Crippen LogP contribution in [0.4, 0.5) is 0 Å². The van der Waals surface area contributed by atoms with Crippen molar-refractivity contribution in [1.82, 2.24) is 4.90 Å². The van der Waals surface area contributed by atoms with Crippen molar-refractivity contribution in [3.63, 3.8) is 0 Å². The Hall–Kier alpha value is -0.820. The standard InChI is InChI=1S/C15H27NO4S2/c1-2-3-4-5-6-7-12-22-15(21)16(10-8-13(17)18)11-9-14(19)20/h2-12H2,1H3,(H,17,18)(H,19,20). The smallest absolute Gasteiger partial charge is 0.305 e. The fraction of sp³-hybridized carbons (Fsp3) is 0.800. The zero-order valence-electron chi connectivity index (χ0n) is 13.3. The zero-order chi connectivity index (χ0) is 16.8. The van der Waals surface area contributed by atoms with Crippen LogP contribution in [-0.4, -0.2) is 50.2 Å². The lowest BCUT2D eigenvalue weighted by Gasteiger charge is -2.23. The van der Waals surface area contributed by atoms with Gasteiger partial charge < -0.3 is 15.1 Å². The van der Waals surface area contributed by atoms with Crippen molar-refractivity contribution in [3.05, 3.63) is 0 Å². The van der Waals surface area contributed by atoms with Crippen LogP contribution in [0, 0.1) is 0 Å². The van der Waals surface area contributed by atoms with Gasteiger partial charge in [0, 0.05) is 18.8 Å². The van der Waals surface area contributed by atoms with E-state index in [1.807, 2.05) is 0 Å². The summed E-state index contributed by atoms with van der Waals surface area (Å²) in [5.41, 5.74) is 0. The minimum absolute atomic E-state index is 0.0304. The fourth-order valence-corrected chi connectivity index (χ4v) is 3.21. The van der Waals surface area contributed by atoms with Crippen molar-refractivity contribution in [2.24, 2.45) is 0 Å². The van der Waals surface area contributed by atoms with Crippen molar-refractivity contribution < 1.29 is 19.8 Å². The van der Waals surface area contributed by atoms with Crippen LogP contribution in [0.3, 0.4) is 0 Å². The number of thiocarbonyl (C=S) groups is 1.